The minimum Gasteiger partial charge on any atom is -0.436 e. The number of nitrogens with two attached hydrogens (primary N) is 1. The molecule has 0 atom stereocenters. The highest BCUT2D eigenvalue weighted by molar-refractivity contribution is 6.42. The molecular weight excluding hydrogens is 413 g/mol. The number of hydrogen-bond donors (Lipinski definition) is 1. The van der Waals surface area contributed by atoms with Crippen LogP contribution >= 0.6 is 35.6 Å². The Balaban J connectivity index is 0.00000210. The smallest absolute Gasteiger partial charge is 0.278 e. The Morgan fingerprint density at radius 2 is 1.85 bits per heavy atom. The average molecular weight is 429 g/mol. The van der Waals surface area contributed by atoms with E-state index in [1.807, 2.05) is 0 Å². The van der Waals surface area contributed by atoms with E-state index in [4.69, 9.17) is 38.2 Å². The maximum atomic E-state index is 6.34. The Labute approximate surface area is 171 Å². The van der Waals surface area contributed by atoms with Gasteiger partial charge in [0.25, 0.3) is 5.89 Å². The highest BCUT2D eigenvalue weighted by atomic mass is 35.5. The molecule has 0 unspecified atom stereocenters. The summed E-state index contributed by atoms with van der Waals surface area (Å²) >= 11 is 12.1. The predicted molar refractivity (Wildman–Crippen MR) is 103 cm³/mol. The fourth-order valence-corrected chi connectivity index (χ4v) is 3.25. The van der Waals surface area contributed by atoms with Crippen molar-refractivity contribution in [2.75, 3.05) is 0 Å². The molecule has 4 rings (SSSR count). The van der Waals surface area contributed by atoms with Gasteiger partial charge in [0.1, 0.15) is 10.8 Å². The lowest BCUT2D eigenvalue weighted by molar-refractivity contribution is 0.372. The Hall–Kier alpha value is -1.93. The maximum Gasteiger partial charge on any atom is 0.278 e. The van der Waals surface area contributed by atoms with E-state index in [-0.39, 0.29) is 24.2 Å². The normalized spacial score (nSPS) is 15.4. The van der Waals surface area contributed by atoms with E-state index < -0.39 is 5.54 Å². The Bertz CT molecular complexity index is 927. The van der Waals surface area contributed by atoms with E-state index in [9.17, 15) is 0 Å². The van der Waals surface area contributed by atoms with Crippen LogP contribution in [0, 0.1) is 0 Å². The fourth-order valence-electron chi connectivity index (χ4n) is 2.92. The molecule has 1 saturated carbocycles. The molecule has 142 valence electrons. The van der Waals surface area contributed by atoms with Gasteiger partial charge >= 0.3 is 0 Å². The third-order valence-electron chi connectivity index (χ3n) is 4.36. The van der Waals surface area contributed by atoms with Crippen molar-refractivity contribution in [3.63, 3.8) is 0 Å². The third-order valence-corrected chi connectivity index (χ3v) is 5.16. The van der Waals surface area contributed by atoms with Crippen LogP contribution in [0.25, 0.3) is 11.6 Å². The number of rotatable bonds is 4. The average Bonchev–Trinajstić information content (AvgIpc) is 3.30. The molecule has 27 heavy (non-hydrogen) atoms. The first kappa shape index (κ1) is 19.8. The molecule has 1 fully saturated rings. The number of ether oxygens (including phenoxy) is 1. The highest BCUT2D eigenvalue weighted by Crippen LogP contribution is 2.36. The molecule has 0 saturated heterocycles. The van der Waals surface area contributed by atoms with Crippen LogP contribution in [-0.4, -0.2) is 20.3 Å². The standard InChI is InChI=1S/C17H15Cl2N5O2.ClH/c18-10-4-3-5-12(14(10)19)25-13-7-6-11(22-23-13)15-21-16(24-26-15)17(20)8-1-2-9-17;/h3-7H,1-2,8-9,20H2;1H. The van der Waals surface area contributed by atoms with Gasteiger partial charge in [-0.3, -0.25) is 0 Å². The van der Waals surface area contributed by atoms with Crippen molar-refractivity contribution >= 4 is 35.6 Å². The van der Waals surface area contributed by atoms with Gasteiger partial charge in [0.05, 0.1) is 10.6 Å². The van der Waals surface area contributed by atoms with Gasteiger partial charge in [-0.15, -0.1) is 22.6 Å². The number of halogens is 3. The lowest BCUT2D eigenvalue weighted by Gasteiger charge is -2.17. The minimum absolute atomic E-state index is 0. The first-order valence-electron chi connectivity index (χ1n) is 8.14. The molecule has 2 N–H and O–H groups in total. The zero-order valence-corrected chi connectivity index (χ0v) is 16.4. The van der Waals surface area contributed by atoms with Gasteiger partial charge in [0.15, 0.2) is 11.5 Å². The molecule has 2 aromatic heterocycles. The van der Waals surface area contributed by atoms with Crippen LogP contribution in [0.2, 0.25) is 10.0 Å². The largest absolute Gasteiger partial charge is 0.436 e. The molecule has 10 heteroatoms. The topological polar surface area (TPSA) is 100.0 Å². The quantitative estimate of drug-likeness (QED) is 0.638. The summed E-state index contributed by atoms with van der Waals surface area (Å²) in [6.07, 6.45) is 3.84. The Kier molecular flexibility index (Phi) is 5.86. The monoisotopic (exact) mass is 427 g/mol. The zero-order valence-electron chi connectivity index (χ0n) is 14.1. The van der Waals surface area contributed by atoms with Crippen LogP contribution in [0.5, 0.6) is 11.6 Å². The van der Waals surface area contributed by atoms with Crippen LogP contribution in [0.1, 0.15) is 31.5 Å². The molecule has 0 amide bonds. The number of hydrogen-bond acceptors (Lipinski definition) is 7. The van der Waals surface area contributed by atoms with Gasteiger partial charge in [-0.05, 0) is 31.0 Å². The van der Waals surface area contributed by atoms with Crippen LogP contribution < -0.4 is 10.5 Å². The molecule has 0 radical (unpaired) electrons. The van der Waals surface area contributed by atoms with E-state index in [2.05, 4.69) is 20.3 Å². The molecule has 1 aliphatic rings. The lowest BCUT2D eigenvalue weighted by atomic mass is 9.99. The summed E-state index contributed by atoms with van der Waals surface area (Å²) in [6.45, 7) is 0. The maximum absolute atomic E-state index is 6.34. The van der Waals surface area contributed by atoms with Gasteiger partial charge in [-0.2, -0.15) is 4.98 Å². The van der Waals surface area contributed by atoms with Gasteiger partial charge in [-0.1, -0.05) is 47.3 Å². The minimum atomic E-state index is -0.512. The summed E-state index contributed by atoms with van der Waals surface area (Å²) in [6, 6.07) is 8.41. The van der Waals surface area contributed by atoms with Crippen molar-refractivity contribution in [1.82, 2.24) is 20.3 Å². The zero-order chi connectivity index (χ0) is 18.1. The highest BCUT2D eigenvalue weighted by Gasteiger charge is 2.36. The first-order valence-corrected chi connectivity index (χ1v) is 8.90. The van der Waals surface area contributed by atoms with Crippen LogP contribution in [0.4, 0.5) is 0 Å². The van der Waals surface area contributed by atoms with Gasteiger partial charge in [0.2, 0.25) is 5.88 Å². The van der Waals surface area contributed by atoms with Crippen LogP contribution in [-0.2, 0) is 5.54 Å². The van der Waals surface area contributed by atoms with Crippen molar-refractivity contribution < 1.29 is 9.26 Å². The molecule has 0 aliphatic heterocycles. The van der Waals surface area contributed by atoms with Crippen LogP contribution in [0.15, 0.2) is 34.9 Å². The summed E-state index contributed by atoms with van der Waals surface area (Å²) < 4.78 is 10.9. The summed E-state index contributed by atoms with van der Waals surface area (Å²) in [5.41, 5.74) is 6.27. The first-order chi connectivity index (χ1) is 12.5. The van der Waals surface area contributed by atoms with E-state index in [0.29, 0.717) is 27.3 Å². The molecule has 1 aliphatic carbocycles. The summed E-state index contributed by atoms with van der Waals surface area (Å²) in [5, 5.41) is 12.8. The summed E-state index contributed by atoms with van der Waals surface area (Å²) in [4.78, 5) is 4.39. The van der Waals surface area contributed by atoms with Crippen molar-refractivity contribution in [2.45, 2.75) is 31.2 Å². The second-order valence-corrected chi connectivity index (χ2v) is 6.98. The van der Waals surface area contributed by atoms with Crippen molar-refractivity contribution in [1.29, 1.82) is 0 Å². The molecule has 1 aromatic carbocycles. The Morgan fingerprint density at radius 3 is 2.56 bits per heavy atom. The third kappa shape index (κ3) is 4.01. The van der Waals surface area contributed by atoms with Crippen LogP contribution in [0.3, 0.4) is 0 Å². The molecule has 7 nitrogen and oxygen atoms in total. The van der Waals surface area contributed by atoms with Gasteiger partial charge in [0, 0.05) is 6.07 Å². The van der Waals surface area contributed by atoms with Crippen molar-refractivity contribution in [3.05, 3.63) is 46.2 Å². The predicted octanol–water partition coefficient (Wildman–Crippen LogP) is 4.78. The Morgan fingerprint density at radius 1 is 1.07 bits per heavy atom. The SMILES string of the molecule is Cl.NC1(c2noc(-c3ccc(Oc4cccc(Cl)c4Cl)nn3)n2)CCCC1. The molecular formula is C17H16Cl3N5O2. The van der Waals surface area contributed by atoms with E-state index in [0.717, 1.165) is 25.7 Å². The summed E-state index contributed by atoms with van der Waals surface area (Å²) in [7, 11) is 0. The molecule has 0 bridgehead atoms. The second kappa shape index (κ2) is 7.98. The van der Waals surface area contributed by atoms with Crippen molar-refractivity contribution in [2.24, 2.45) is 5.73 Å². The summed E-state index contributed by atoms with van der Waals surface area (Å²) in [5.74, 6) is 1.45. The number of nitrogens with zero attached hydrogens (tertiary/aromatic N) is 4. The van der Waals surface area contributed by atoms with E-state index in [1.165, 1.54) is 0 Å². The fraction of sp³-hybridized carbons (Fsp3) is 0.294. The van der Waals surface area contributed by atoms with Crippen molar-refractivity contribution in [3.8, 4) is 23.2 Å². The lowest BCUT2D eigenvalue weighted by Crippen LogP contribution is -2.34. The molecule has 0 spiro atoms. The van der Waals surface area contributed by atoms with Gasteiger partial charge < -0.3 is 15.0 Å². The molecule has 2 heterocycles. The van der Waals surface area contributed by atoms with Gasteiger partial charge in [-0.25, -0.2) is 0 Å². The van der Waals surface area contributed by atoms with E-state index in [1.54, 1.807) is 30.3 Å². The second-order valence-electron chi connectivity index (χ2n) is 6.20. The van der Waals surface area contributed by atoms with E-state index >= 15 is 0 Å². The number of benzene rings is 1. The number of aromatic nitrogens is 4. The molecule has 3 aromatic rings.